The number of benzene rings is 1. The Bertz CT molecular complexity index is 723. The number of ether oxygens (including phenoxy) is 1. The molecule has 2 bridgehead atoms. The first-order valence-electron chi connectivity index (χ1n) is 8.10. The zero-order valence-corrected chi connectivity index (χ0v) is 14.2. The number of likely N-dealkylation sites (tertiary alicyclic amines) is 1. The number of nitrogens with zero attached hydrogens (tertiary/aromatic N) is 1. The van der Waals surface area contributed by atoms with Crippen LogP contribution in [-0.2, 0) is 16.4 Å². The molecule has 5 atom stereocenters. The van der Waals surface area contributed by atoms with E-state index in [2.05, 4.69) is 18.0 Å². The van der Waals surface area contributed by atoms with Crippen molar-refractivity contribution in [1.29, 1.82) is 0 Å². The Balaban J connectivity index is 0.000000455. The van der Waals surface area contributed by atoms with Crippen molar-refractivity contribution in [2.24, 2.45) is 5.92 Å². The van der Waals surface area contributed by atoms with Crippen LogP contribution < -0.4 is 4.74 Å². The minimum atomic E-state index is -0.833. The second-order valence-electron chi connectivity index (χ2n) is 7.01. The van der Waals surface area contributed by atoms with Crippen molar-refractivity contribution in [3.8, 4) is 11.5 Å². The van der Waals surface area contributed by atoms with Crippen molar-refractivity contribution in [1.82, 2.24) is 4.90 Å². The summed E-state index contributed by atoms with van der Waals surface area (Å²) < 4.78 is 14.5. The quantitative estimate of drug-likeness (QED) is 0.484. The van der Waals surface area contributed by atoms with Crippen LogP contribution in [0.2, 0.25) is 0 Å². The van der Waals surface area contributed by atoms with Crippen molar-refractivity contribution in [3.05, 3.63) is 35.4 Å². The minimum Gasteiger partial charge on any atom is -0.504 e. The first-order chi connectivity index (χ1) is 11.5. The summed E-state index contributed by atoms with van der Waals surface area (Å²) in [6.07, 6.45) is 5.18. The Morgan fingerprint density at radius 3 is 2.88 bits per heavy atom. The Morgan fingerprint density at radius 1 is 1.38 bits per heavy atom. The van der Waals surface area contributed by atoms with Gasteiger partial charge in [0.15, 0.2) is 11.5 Å². The van der Waals surface area contributed by atoms with Crippen LogP contribution in [0.4, 0.5) is 0 Å². The molecule has 1 aromatic carbocycles. The number of rotatable bonds is 0. The van der Waals surface area contributed by atoms with Gasteiger partial charge in [-0.15, -0.1) is 0 Å². The number of likely N-dealkylation sites (N-methyl/N-ethyl adjacent to an activating group) is 1. The maximum atomic E-state index is 10.4. The molecule has 0 radical (unpaired) electrons. The zero-order chi connectivity index (χ0) is 17.1. The van der Waals surface area contributed by atoms with E-state index in [1.54, 1.807) is 6.07 Å². The molecular weight excluding hydrogens is 329 g/mol. The van der Waals surface area contributed by atoms with Crippen LogP contribution in [0.25, 0.3) is 0 Å². The lowest BCUT2D eigenvalue weighted by atomic mass is 9.53. The van der Waals surface area contributed by atoms with Crippen LogP contribution in [0, 0.1) is 5.92 Å². The minimum absolute atomic E-state index is 0.160. The predicted molar refractivity (Wildman–Crippen MR) is 87.4 cm³/mol. The van der Waals surface area contributed by atoms with E-state index in [1.165, 1.54) is 11.1 Å². The topological polar surface area (TPSA) is 90.2 Å². The highest BCUT2D eigenvalue weighted by atomic mass is 31.1. The van der Waals surface area contributed by atoms with Crippen LogP contribution in [0.1, 0.15) is 17.5 Å². The molecule has 0 aromatic heterocycles. The average molecular weight is 349 g/mol. The zero-order valence-electron chi connectivity index (χ0n) is 13.3. The molecule has 1 fully saturated rings. The van der Waals surface area contributed by atoms with Gasteiger partial charge in [-0.1, -0.05) is 18.2 Å². The van der Waals surface area contributed by atoms with Crippen LogP contribution in [0.3, 0.4) is 0 Å². The molecule has 2 aliphatic heterocycles. The molecule has 7 heteroatoms. The summed E-state index contributed by atoms with van der Waals surface area (Å²) in [5, 5.41) is 20.6. The number of piperidine rings is 1. The summed E-state index contributed by atoms with van der Waals surface area (Å²) in [6.45, 7) is 1.01. The van der Waals surface area contributed by atoms with Gasteiger partial charge >= 0.3 is 8.69 Å². The lowest BCUT2D eigenvalue weighted by molar-refractivity contribution is -0.0453. The van der Waals surface area contributed by atoms with E-state index in [-0.39, 0.29) is 17.3 Å². The van der Waals surface area contributed by atoms with Crippen LogP contribution in [0.15, 0.2) is 24.3 Å². The van der Waals surface area contributed by atoms with Gasteiger partial charge in [0.05, 0.1) is 0 Å². The fourth-order valence-corrected chi connectivity index (χ4v) is 5.24. The van der Waals surface area contributed by atoms with Gasteiger partial charge in [-0.25, -0.2) is 4.57 Å². The summed E-state index contributed by atoms with van der Waals surface area (Å²) in [6, 6.07) is 4.23. The Hall–Kier alpha value is -1.46. The van der Waals surface area contributed by atoms with E-state index in [1.807, 2.05) is 12.1 Å². The van der Waals surface area contributed by atoms with Gasteiger partial charge in [-0.05, 0) is 38.1 Å². The van der Waals surface area contributed by atoms with Gasteiger partial charge < -0.3 is 24.7 Å². The lowest BCUT2D eigenvalue weighted by Gasteiger charge is -2.56. The van der Waals surface area contributed by atoms with Gasteiger partial charge in [0.1, 0.15) is 12.2 Å². The molecule has 1 saturated heterocycles. The van der Waals surface area contributed by atoms with Crippen molar-refractivity contribution < 1.29 is 24.4 Å². The van der Waals surface area contributed by atoms with Gasteiger partial charge in [-0.3, -0.25) is 0 Å². The van der Waals surface area contributed by atoms with E-state index in [4.69, 9.17) is 14.2 Å². The first-order valence-corrected chi connectivity index (χ1v) is 8.86. The van der Waals surface area contributed by atoms with E-state index in [0.29, 0.717) is 17.7 Å². The first kappa shape index (κ1) is 16.0. The molecule has 24 heavy (non-hydrogen) atoms. The van der Waals surface area contributed by atoms with Gasteiger partial charge in [0, 0.05) is 22.9 Å². The highest BCUT2D eigenvalue weighted by molar-refractivity contribution is 7.16. The molecule has 0 saturated carbocycles. The fraction of sp³-hybridized carbons (Fsp3) is 0.529. The number of phenols is 1. The third-order valence-corrected chi connectivity index (χ3v) is 6.15. The summed E-state index contributed by atoms with van der Waals surface area (Å²) in [7, 11) is 1.35. The maximum Gasteiger partial charge on any atom is 0.324 e. The average Bonchev–Trinajstić information content (AvgIpc) is 2.91. The second-order valence-corrected chi connectivity index (χ2v) is 7.18. The van der Waals surface area contributed by atoms with Crippen LogP contribution in [0.5, 0.6) is 11.5 Å². The third-order valence-electron chi connectivity index (χ3n) is 6.15. The van der Waals surface area contributed by atoms with Gasteiger partial charge in [0.25, 0.3) is 0 Å². The Labute approximate surface area is 141 Å². The number of aliphatic hydroxyl groups excluding tert-OH is 1. The summed E-state index contributed by atoms with van der Waals surface area (Å²) >= 11 is 0. The van der Waals surface area contributed by atoms with Crippen molar-refractivity contribution in [3.63, 3.8) is 0 Å². The van der Waals surface area contributed by atoms with Crippen molar-refractivity contribution in [2.75, 3.05) is 13.6 Å². The van der Waals surface area contributed by atoms with E-state index >= 15 is 0 Å². The predicted octanol–water partition coefficient (Wildman–Crippen LogP) is 1.38. The van der Waals surface area contributed by atoms with Crippen LogP contribution >= 0.6 is 8.69 Å². The molecule has 4 aliphatic rings. The molecular formula is C17H20NO5P. The molecule has 6 nitrogen and oxygen atoms in total. The smallest absolute Gasteiger partial charge is 0.324 e. The molecule has 1 spiro atoms. The number of hydrogen-bond donors (Lipinski definition) is 3. The molecule has 3 N–H and O–H groups in total. The molecule has 0 unspecified atom stereocenters. The third kappa shape index (κ3) is 1.88. The maximum absolute atomic E-state index is 10.4. The molecule has 0 amide bonds. The highest BCUT2D eigenvalue weighted by Crippen LogP contribution is 2.62. The van der Waals surface area contributed by atoms with Crippen LogP contribution in [-0.4, -0.2) is 51.8 Å². The molecule has 5 rings (SSSR count). The highest BCUT2D eigenvalue weighted by Gasteiger charge is 2.64. The van der Waals surface area contributed by atoms with Gasteiger partial charge in [-0.2, -0.15) is 0 Å². The SMILES string of the molecule is CN1CC[C@]23c4c5ccc(O)c4O[C@H]2[C@@H](O)C=C[C@H]3[C@H]1C5.O=PO. The molecule has 1 aromatic rings. The van der Waals surface area contributed by atoms with Crippen molar-refractivity contribution >= 4 is 8.69 Å². The largest absolute Gasteiger partial charge is 0.504 e. The number of aromatic hydroxyl groups is 1. The summed E-state index contributed by atoms with van der Waals surface area (Å²) in [4.78, 5) is 9.42. The van der Waals surface area contributed by atoms with Crippen molar-refractivity contribution in [2.45, 2.75) is 36.5 Å². The lowest BCUT2D eigenvalue weighted by Crippen LogP contribution is -2.64. The van der Waals surface area contributed by atoms with E-state index < -0.39 is 14.8 Å². The Morgan fingerprint density at radius 2 is 2.12 bits per heavy atom. The standard InChI is InChI=1S/C17H19NO3.HO2P/c1-18-7-6-17-10-3-5-13(20)16(17)21-15-12(19)4-2-9(14(15)17)8-11(10)18;1-3-2/h2-5,10-11,13,16,19-20H,6-8H2,1H3;(H,1,2)/t10-,11+,13-,16-,17-;/m0./s1. The van der Waals surface area contributed by atoms with E-state index in [9.17, 15) is 10.2 Å². The monoisotopic (exact) mass is 349 g/mol. The molecule has 2 heterocycles. The number of phenolic OH excluding ortho intramolecular Hbond substituents is 1. The van der Waals surface area contributed by atoms with E-state index in [0.717, 1.165) is 19.4 Å². The molecule has 2 aliphatic carbocycles. The Kier molecular flexibility index (Phi) is 3.69. The molecule has 128 valence electrons. The van der Waals surface area contributed by atoms with Gasteiger partial charge in [0.2, 0.25) is 0 Å². The number of aliphatic hydroxyl groups is 1. The summed E-state index contributed by atoms with van der Waals surface area (Å²) in [5.41, 5.74) is 2.29. The second kappa shape index (κ2) is 5.53. The normalized spacial score (nSPS) is 38.1. The summed E-state index contributed by atoms with van der Waals surface area (Å²) in [5.74, 6) is 1.19. The fourth-order valence-electron chi connectivity index (χ4n) is 5.24. The number of hydrogen-bond acceptors (Lipinski definition) is 5.